The summed E-state index contributed by atoms with van der Waals surface area (Å²) in [7, 11) is 0. The highest BCUT2D eigenvalue weighted by Crippen LogP contribution is 2.16. The Labute approximate surface area is 110 Å². The maximum absolute atomic E-state index is 8.58. The van der Waals surface area contributed by atoms with Crippen LogP contribution in [0.2, 0.25) is 0 Å². The highest BCUT2D eigenvalue weighted by molar-refractivity contribution is 5.23. The number of hydrogen-bond acceptors (Lipinski definition) is 3. The Kier molecular flexibility index (Phi) is 7.65. The highest BCUT2D eigenvalue weighted by Gasteiger charge is 2.07. The first-order valence-electron chi connectivity index (χ1n) is 6.76. The van der Waals surface area contributed by atoms with Crippen LogP contribution in [0.5, 0.6) is 0 Å². The molecule has 0 amide bonds. The Morgan fingerprint density at radius 2 is 1.94 bits per heavy atom. The molecule has 0 radical (unpaired) electrons. The fourth-order valence-electron chi connectivity index (χ4n) is 1.91. The van der Waals surface area contributed by atoms with Crippen molar-refractivity contribution in [3.05, 3.63) is 35.4 Å². The number of benzene rings is 1. The zero-order chi connectivity index (χ0) is 13.2. The zero-order valence-electron chi connectivity index (χ0n) is 11.5. The summed E-state index contributed by atoms with van der Waals surface area (Å²) < 4.78 is 5.23. The van der Waals surface area contributed by atoms with E-state index in [-0.39, 0.29) is 6.61 Å². The fourth-order valence-corrected chi connectivity index (χ4v) is 1.91. The van der Waals surface area contributed by atoms with Crippen LogP contribution in [0.25, 0.3) is 0 Å². The van der Waals surface area contributed by atoms with Crippen LogP contribution >= 0.6 is 0 Å². The van der Waals surface area contributed by atoms with E-state index in [2.05, 4.69) is 43.4 Å². The van der Waals surface area contributed by atoms with E-state index in [4.69, 9.17) is 9.84 Å². The van der Waals surface area contributed by atoms with E-state index < -0.39 is 0 Å². The Morgan fingerprint density at radius 1 is 1.22 bits per heavy atom. The van der Waals surface area contributed by atoms with Crippen LogP contribution in [0.4, 0.5) is 0 Å². The van der Waals surface area contributed by atoms with Crippen molar-refractivity contribution in [2.24, 2.45) is 0 Å². The topological polar surface area (TPSA) is 41.5 Å². The van der Waals surface area contributed by atoms with Gasteiger partial charge in [-0.1, -0.05) is 36.8 Å². The molecule has 102 valence electrons. The minimum Gasteiger partial charge on any atom is -0.394 e. The Bertz CT molecular complexity index is 311. The summed E-state index contributed by atoms with van der Waals surface area (Å²) in [5.74, 6) is 0. The van der Waals surface area contributed by atoms with Crippen molar-refractivity contribution in [1.29, 1.82) is 0 Å². The standard InChI is InChI=1S/C15H25NO2/c1-3-15(14-7-5-13(2)6-8-14)16-9-4-11-18-12-10-17/h5-8,15-17H,3-4,9-12H2,1-2H3. The summed E-state index contributed by atoms with van der Waals surface area (Å²) in [6, 6.07) is 9.12. The van der Waals surface area contributed by atoms with Crippen LogP contribution in [0.1, 0.15) is 36.9 Å². The summed E-state index contributed by atoms with van der Waals surface area (Å²) in [4.78, 5) is 0. The van der Waals surface area contributed by atoms with Gasteiger partial charge in [0.1, 0.15) is 0 Å². The minimum atomic E-state index is 0.106. The number of aliphatic hydroxyl groups excluding tert-OH is 1. The van der Waals surface area contributed by atoms with Crippen LogP contribution in [0, 0.1) is 6.92 Å². The minimum absolute atomic E-state index is 0.106. The molecule has 1 aromatic rings. The molecule has 0 spiro atoms. The van der Waals surface area contributed by atoms with Crippen molar-refractivity contribution in [2.45, 2.75) is 32.7 Å². The average Bonchev–Trinajstić information content (AvgIpc) is 2.39. The molecule has 0 fully saturated rings. The quantitative estimate of drug-likeness (QED) is 0.662. The van der Waals surface area contributed by atoms with Crippen molar-refractivity contribution in [3.8, 4) is 0 Å². The van der Waals surface area contributed by atoms with Gasteiger partial charge in [0.2, 0.25) is 0 Å². The molecule has 0 saturated carbocycles. The molecule has 1 unspecified atom stereocenters. The van der Waals surface area contributed by atoms with Gasteiger partial charge in [0.15, 0.2) is 0 Å². The normalized spacial score (nSPS) is 12.6. The van der Waals surface area contributed by atoms with Gasteiger partial charge in [-0.3, -0.25) is 0 Å². The molecular weight excluding hydrogens is 226 g/mol. The molecule has 0 saturated heterocycles. The number of ether oxygens (including phenoxy) is 1. The second-order valence-electron chi connectivity index (χ2n) is 4.52. The number of aliphatic hydroxyl groups is 1. The van der Waals surface area contributed by atoms with Crippen molar-refractivity contribution in [1.82, 2.24) is 5.32 Å². The van der Waals surface area contributed by atoms with Gasteiger partial charge in [0, 0.05) is 12.6 Å². The molecule has 3 heteroatoms. The molecule has 0 heterocycles. The molecule has 1 atom stereocenters. The Hall–Kier alpha value is -0.900. The number of hydrogen-bond donors (Lipinski definition) is 2. The number of nitrogens with one attached hydrogen (secondary N) is 1. The number of aryl methyl sites for hydroxylation is 1. The SMILES string of the molecule is CCC(NCCCOCCO)c1ccc(C)cc1. The van der Waals surface area contributed by atoms with E-state index in [0.29, 0.717) is 19.3 Å². The lowest BCUT2D eigenvalue weighted by Crippen LogP contribution is -2.23. The van der Waals surface area contributed by atoms with Gasteiger partial charge in [-0.05, 0) is 31.9 Å². The predicted octanol–water partition coefficient (Wildman–Crippen LogP) is 2.43. The highest BCUT2D eigenvalue weighted by atomic mass is 16.5. The van der Waals surface area contributed by atoms with Crippen LogP contribution < -0.4 is 5.32 Å². The van der Waals surface area contributed by atoms with Gasteiger partial charge < -0.3 is 15.2 Å². The lowest BCUT2D eigenvalue weighted by molar-refractivity contribution is 0.0903. The van der Waals surface area contributed by atoms with Crippen LogP contribution in [0.3, 0.4) is 0 Å². The fraction of sp³-hybridized carbons (Fsp3) is 0.600. The first-order valence-corrected chi connectivity index (χ1v) is 6.76. The first kappa shape index (κ1) is 15.2. The maximum Gasteiger partial charge on any atom is 0.0697 e. The van der Waals surface area contributed by atoms with Gasteiger partial charge in [-0.2, -0.15) is 0 Å². The lowest BCUT2D eigenvalue weighted by atomic mass is 10.0. The van der Waals surface area contributed by atoms with Gasteiger partial charge in [-0.25, -0.2) is 0 Å². The van der Waals surface area contributed by atoms with Crippen molar-refractivity contribution >= 4 is 0 Å². The smallest absolute Gasteiger partial charge is 0.0697 e. The first-order chi connectivity index (χ1) is 8.77. The van der Waals surface area contributed by atoms with E-state index in [1.165, 1.54) is 11.1 Å². The largest absolute Gasteiger partial charge is 0.394 e. The Balaban J connectivity index is 2.27. The van der Waals surface area contributed by atoms with E-state index in [1.54, 1.807) is 0 Å². The molecule has 0 bridgehead atoms. The zero-order valence-corrected chi connectivity index (χ0v) is 11.5. The molecule has 0 aliphatic carbocycles. The second kappa shape index (κ2) is 9.09. The molecule has 0 aliphatic rings. The maximum atomic E-state index is 8.58. The van der Waals surface area contributed by atoms with Crippen LogP contribution in [-0.4, -0.2) is 31.5 Å². The van der Waals surface area contributed by atoms with E-state index >= 15 is 0 Å². The molecule has 1 rings (SSSR count). The average molecular weight is 251 g/mol. The summed E-state index contributed by atoms with van der Waals surface area (Å²) in [5, 5.41) is 12.1. The van der Waals surface area contributed by atoms with E-state index in [1.807, 2.05) is 0 Å². The predicted molar refractivity (Wildman–Crippen MR) is 74.7 cm³/mol. The molecule has 18 heavy (non-hydrogen) atoms. The molecular formula is C15H25NO2. The molecule has 0 aliphatic heterocycles. The Morgan fingerprint density at radius 3 is 2.56 bits per heavy atom. The van der Waals surface area contributed by atoms with Gasteiger partial charge in [-0.15, -0.1) is 0 Å². The van der Waals surface area contributed by atoms with Gasteiger partial charge >= 0.3 is 0 Å². The van der Waals surface area contributed by atoms with E-state index in [0.717, 1.165) is 19.4 Å². The lowest BCUT2D eigenvalue weighted by Gasteiger charge is -2.17. The summed E-state index contributed by atoms with van der Waals surface area (Å²) in [6.45, 7) is 6.50. The van der Waals surface area contributed by atoms with Gasteiger partial charge in [0.25, 0.3) is 0 Å². The van der Waals surface area contributed by atoms with E-state index in [9.17, 15) is 0 Å². The summed E-state index contributed by atoms with van der Waals surface area (Å²) in [6.07, 6.45) is 2.06. The molecule has 0 aromatic heterocycles. The number of rotatable bonds is 9. The third kappa shape index (κ3) is 5.63. The van der Waals surface area contributed by atoms with Crippen molar-refractivity contribution in [2.75, 3.05) is 26.4 Å². The molecule has 3 nitrogen and oxygen atoms in total. The third-order valence-corrected chi connectivity index (χ3v) is 2.98. The summed E-state index contributed by atoms with van der Waals surface area (Å²) in [5.41, 5.74) is 2.64. The molecule has 2 N–H and O–H groups in total. The summed E-state index contributed by atoms with van der Waals surface area (Å²) >= 11 is 0. The monoisotopic (exact) mass is 251 g/mol. The van der Waals surface area contributed by atoms with Crippen molar-refractivity contribution < 1.29 is 9.84 Å². The molecule has 1 aromatic carbocycles. The van der Waals surface area contributed by atoms with Gasteiger partial charge in [0.05, 0.1) is 13.2 Å². The van der Waals surface area contributed by atoms with Crippen molar-refractivity contribution in [3.63, 3.8) is 0 Å². The second-order valence-corrected chi connectivity index (χ2v) is 4.52. The van der Waals surface area contributed by atoms with Crippen LogP contribution in [0.15, 0.2) is 24.3 Å². The van der Waals surface area contributed by atoms with Crippen LogP contribution in [-0.2, 0) is 4.74 Å². The third-order valence-electron chi connectivity index (χ3n) is 2.98.